The fourth-order valence-corrected chi connectivity index (χ4v) is 7.65. The molecule has 0 spiro atoms. The van der Waals surface area contributed by atoms with Crippen LogP contribution in [0.4, 0.5) is 0 Å². The molecule has 42 heavy (non-hydrogen) atoms. The number of benzene rings is 2. The number of carbonyl (C=O) groups excluding carboxylic acids is 2. The van der Waals surface area contributed by atoms with Gasteiger partial charge >= 0.3 is 5.97 Å². The Kier molecular flexibility index (Phi) is 7.23. The number of carbonyl (C=O) groups is 2. The van der Waals surface area contributed by atoms with Gasteiger partial charge in [0.15, 0.2) is 23.0 Å². The van der Waals surface area contributed by atoms with Crippen LogP contribution in [0.1, 0.15) is 72.2 Å². The van der Waals surface area contributed by atoms with Crippen LogP contribution in [0.3, 0.4) is 0 Å². The van der Waals surface area contributed by atoms with Crippen LogP contribution < -0.4 is 24.3 Å². The zero-order valence-electron chi connectivity index (χ0n) is 24.9. The summed E-state index contributed by atoms with van der Waals surface area (Å²) in [7, 11) is 3.51. The van der Waals surface area contributed by atoms with Crippen molar-refractivity contribution in [1.82, 2.24) is 15.1 Å². The number of fused-ring (bicyclic) bond motifs is 9. The molecule has 2 aromatic carbocycles. The minimum Gasteiger partial charge on any atom is -0.504 e. The molecule has 0 saturated carbocycles. The number of aromatic hydroxyl groups is 1. The van der Waals surface area contributed by atoms with Crippen LogP contribution in [0.15, 0.2) is 6.07 Å². The van der Waals surface area contributed by atoms with Crippen molar-refractivity contribution in [2.75, 3.05) is 27.5 Å². The molecule has 1 amide bonds. The second-order valence-electron chi connectivity index (χ2n) is 11.7. The van der Waals surface area contributed by atoms with E-state index in [0.29, 0.717) is 54.2 Å². The molecule has 2 aromatic rings. The maximum Gasteiger partial charge on any atom is 0.308 e. The van der Waals surface area contributed by atoms with Crippen molar-refractivity contribution < 1.29 is 38.7 Å². The summed E-state index contributed by atoms with van der Waals surface area (Å²) in [6, 6.07) is 0.567. The van der Waals surface area contributed by atoms with E-state index in [2.05, 4.69) is 10.2 Å². The molecule has 11 nitrogen and oxygen atoms in total. The van der Waals surface area contributed by atoms with Crippen LogP contribution in [0.5, 0.6) is 28.7 Å². The summed E-state index contributed by atoms with van der Waals surface area (Å²) in [4.78, 5) is 29.2. The van der Waals surface area contributed by atoms with Gasteiger partial charge in [-0.3, -0.25) is 19.4 Å². The average molecular weight is 582 g/mol. The molecule has 1 fully saturated rings. The van der Waals surface area contributed by atoms with Crippen molar-refractivity contribution >= 4 is 11.9 Å². The van der Waals surface area contributed by atoms with Gasteiger partial charge in [-0.05, 0) is 51.3 Å². The van der Waals surface area contributed by atoms with E-state index >= 15 is 0 Å². The van der Waals surface area contributed by atoms with E-state index < -0.39 is 18.2 Å². The molecule has 4 heterocycles. The second kappa shape index (κ2) is 10.6. The highest BCUT2D eigenvalue weighted by molar-refractivity contribution is 5.76. The van der Waals surface area contributed by atoms with Crippen molar-refractivity contribution in [1.29, 1.82) is 0 Å². The molecule has 1 saturated heterocycles. The second-order valence-corrected chi connectivity index (χ2v) is 11.7. The number of rotatable bonds is 6. The lowest BCUT2D eigenvalue weighted by Gasteiger charge is -2.60. The number of aliphatic hydroxyl groups is 1. The quantitative estimate of drug-likeness (QED) is 0.346. The minimum absolute atomic E-state index is 0.0153. The number of aliphatic hydroxyl groups excluding tert-OH is 1. The third kappa shape index (κ3) is 4.20. The Morgan fingerprint density at radius 2 is 1.86 bits per heavy atom. The topological polar surface area (TPSA) is 130 Å². The van der Waals surface area contributed by atoms with E-state index in [1.54, 1.807) is 7.11 Å². The normalized spacial score (nSPS) is 25.7. The molecular formula is C31H39N3O8. The number of phenolic OH excluding ortho intramolecular Hbond substituents is 1. The van der Waals surface area contributed by atoms with Crippen molar-refractivity contribution in [2.45, 2.75) is 83.8 Å². The van der Waals surface area contributed by atoms with Gasteiger partial charge in [0.05, 0.1) is 25.2 Å². The number of hydrogen-bond acceptors (Lipinski definition) is 10. The maximum atomic E-state index is 12.7. The summed E-state index contributed by atoms with van der Waals surface area (Å²) < 4.78 is 23.3. The van der Waals surface area contributed by atoms with Crippen LogP contribution in [-0.4, -0.2) is 77.7 Å². The Morgan fingerprint density at radius 3 is 2.55 bits per heavy atom. The first kappa shape index (κ1) is 28.6. The summed E-state index contributed by atoms with van der Waals surface area (Å²) in [5.41, 5.74) is 4.73. The first-order valence-electron chi connectivity index (χ1n) is 14.6. The lowest BCUT2D eigenvalue weighted by atomic mass is 9.73. The van der Waals surface area contributed by atoms with Crippen molar-refractivity contribution in [3.63, 3.8) is 0 Å². The molecule has 11 heteroatoms. The van der Waals surface area contributed by atoms with Gasteiger partial charge in [-0.2, -0.15) is 0 Å². The van der Waals surface area contributed by atoms with Gasteiger partial charge in [0, 0.05) is 48.2 Å². The Labute approximate surface area is 245 Å². The summed E-state index contributed by atoms with van der Waals surface area (Å²) in [5, 5.41) is 26.7. The summed E-state index contributed by atoms with van der Waals surface area (Å²) in [6.45, 7) is 7.27. The van der Waals surface area contributed by atoms with E-state index in [4.69, 9.17) is 18.9 Å². The Hall–Kier alpha value is -3.54. The van der Waals surface area contributed by atoms with E-state index in [9.17, 15) is 19.8 Å². The molecule has 4 aliphatic rings. The zero-order chi connectivity index (χ0) is 30.0. The smallest absolute Gasteiger partial charge is 0.308 e. The van der Waals surface area contributed by atoms with Gasteiger partial charge in [-0.1, -0.05) is 13.0 Å². The number of esters is 1. The molecule has 0 radical (unpaired) electrons. The highest BCUT2D eigenvalue weighted by Crippen LogP contribution is 2.58. The number of likely N-dealkylation sites (N-methyl/N-ethyl adjacent to an activating group) is 1. The number of methoxy groups -OCH3 is 1. The van der Waals surface area contributed by atoms with E-state index in [0.717, 1.165) is 27.8 Å². The van der Waals surface area contributed by atoms with Crippen molar-refractivity contribution in [3.05, 3.63) is 39.4 Å². The number of hydrogen-bond donors (Lipinski definition) is 3. The Morgan fingerprint density at radius 1 is 1.12 bits per heavy atom. The number of amides is 1. The first-order chi connectivity index (χ1) is 20.1. The average Bonchev–Trinajstić information content (AvgIpc) is 3.43. The van der Waals surface area contributed by atoms with Crippen molar-refractivity contribution in [2.24, 2.45) is 0 Å². The molecule has 3 N–H and O–H groups in total. The molecule has 3 unspecified atom stereocenters. The van der Waals surface area contributed by atoms with Crippen LogP contribution in [0.25, 0.3) is 0 Å². The molecule has 5 atom stereocenters. The number of piperazine rings is 1. The third-order valence-corrected chi connectivity index (χ3v) is 9.31. The van der Waals surface area contributed by atoms with Gasteiger partial charge in [-0.25, -0.2) is 0 Å². The first-order valence-corrected chi connectivity index (χ1v) is 14.6. The van der Waals surface area contributed by atoms with Crippen LogP contribution in [-0.2, 0) is 22.4 Å². The summed E-state index contributed by atoms with van der Waals surface area (Å²) >= 11 is 0. The standard InChI is InChI=1S/C31H39N3O8/c1-7-8-22(36)32-12-21-24-18(28(42-16(4)35)15(3)29-30(24)41-13-40-29)11-19-25-23-17(9-14(2)27(39-6)26(23)37)10-20(33(25)5)31(38)34(19)21/h9,19-21,25,31,37-38H,7-8,10-13H2,1-6H3,(H,32,36)/t19?,20?,21-,25?,31-/m0/s1. The maximum absolute atomic E-state index is 12.7. The molecule has 6 rings (SSSR count). The van der Waals surface area contributed by atoms with E-state index in [-0.39, 0.29) is 43.1 Å². The zero-order valence-corrected chi connectivity index (χ0v) is 24.9. The van der Waals surface area contributed by atoms with Gasteiger partial charge in [0.1, 0.15) is 12.0 Å². The van der Waals surface area contributed by atoms with E-state index in [1.165, 1.54) is 6.92 Å². The summed E-state index contributed by atoms with van der Waals surface area (Å²) in [5.74, 6) is 1.43. The van der Waals surface area contributed by atoms with Gasteiger partial charge in [0.2, 0.25) is 12.7 Å². The Bertz CT molecular complexity index is 1460. The number of nitrogens with zero attached hydrogens (tertiary/aromatic N) is 2. The van der Waals surface area contributed by atoms with Crippen LogP contribution in [0, 0.1) is 13.8 Å². The van der Waals surface area contributed by atoms with Gasteiger partial charge in [-0.15, -0.1) is 0 Å². The van der Waals surface area contributed by atoms with Gasteiger partial charge in [0.25, 0.3) is 0 Å². The monoisotopic (exact) mass is 581 g/mol. The third-order valence-electron chi connectivity index (χ3n) is 9.31. The summed E-state index contributed by atoms with van der Waals surface area (Å²) in [6.07, 6.45) is 1.10. The van der Waals surface area contributed by atoms with Crippen molar-refractivity contribution in [3.8, 4) is 28.7 Å². The number of nitrogens with one attached hydrogen (secondary N) is 1. The fraction of sp³-hybridized carbons (Fsp3) is 0.548. The van der Waals surface area contributed by atoms with E-state index in [1.807, 2.05) is 38.8 Å². The Balaban J connectivity index is 1.57. The minimum atomic E-state index is -0.897. The molecule has 4 aliphatic heterocycles. The number of ether oxygens (including phenoxy) is 4. The van der Waals surface area contributed by atoms with Crippen LogP contribution >= 0.6 is 0 Å². The predicted molar refractivity (Wildman–Crippen MR) is 152 cm³/mol. The lowest BCUT2D eigenvalue weighted by Crippen LogP contribution is -2.69. The highest BCUT2D eigenvalue weighted by Gasteiger charge is 2.56. The fourth-order valence-electron chi connectivity index (χ4n) is 7.65. The molecule has 0 aliphatic carbocycles. The SMILES string of the molecule is CCCC(=O)NC[C@H]1c2c(c(OC(C)=O)c(C)c3c2OCO3)CC2C3c4c(cc(C)c(OC)c4O)CC([C@H](O)N21)N3C. The largest absolute Gasteiger partial charge is 0.504 e. The highest BCUT2D eigenvalue weighted by atomic mass is 16.7. The molecule has 0 aromatic heterocycles. The number of phenols is 1. The molecule has 226 valence electrons. The van der Waals surface area contributed by atoms with Gasteiger partial charge < -0.3 is 34.5 Å². The lowest BCUT2D eigenvalue weighted by molar-refractivity contribution is -0.172. The number of aryl methyl sites for hydroxylation is 1. The molecular weight excluding hydrogens is 542 g/mol. The molecule has 2 bridgehead atoms. The predicted octanol–water partition coefficient (Wildman–Crippen LogP) is 2.79. The van der Waals surface area contributed by atoms with Crippen LogP contribution in [0.2, 0.25) is 0 Å².